The number of ether oxygens (including phenoxy) is 3. The summed E-state index contributed by atoms with van der Waals surface area (Å²) in [5.74, 6) is -0.632. The lowest BCUT2D eigenvalue weighted by Crippen LogP contribution is -2.15. The third-order valence-corrected chi connectivity index (χ3v) is 4.20. The Morgan fingerprint density at radius 3 is 2.58 bits per heavy atom. The van der Waals surface area contributed by atoms with Crippen LogP contribution in [0.4, 0.5) is 5.69 Å². The maximum atomic E-state index is 12.5. The van der Waals surface area contributed by atoms with Gasteiger partial charge < -0.3 is 19.5 Å². The van der Waals surface area contributed by atoms with Crippen LogP contribution in [0, 0.1) is 18.3 Å². The Morgan fingerprint density at radius 1 is 1.16 bits per heavy atom. The molecule has 0 aliphatic carbocycles. The first kappa shape index (κ1) is 23.8. The van der Waals surface area contributed by atoms with Crippen LogP contribution in [-0.2, 0) is 14.3 Å². The highest BCUT2D eigenvalue weighted by atomic mass is 35.5. The normalized spacial score (nSPS) is 10.7. The van der Waals surface area contributed by atoms with Gasteiger partial charge in [-0.3, -0.25) is 4.79 Å². The van der Waals surface area contributed by atoms with Crippen LogP contribution >= 0.6 is 11.6 Å². The topological polar surface area (TPSA) is 97.7 Å². The fourth-order valence-corrected chi connectivity index (χ4v) is 2.92. The number of rotatable bonds is 9. The van der Waals surface area contributed by atoms with Crippen LogP contribution in [0.2, 0.25) is 5.02 Å². The molecule has 0 aliphatic heterocycles. The van der Waals surface area contributed by atoms with Gasteiger partial charge in [-0.25, -0.2) is 4.79 Å². The summed E-state index contributed by atoms with van der Waals surface area (Å²) in [7, 11) is 0. The number of amides is 1. The zero-order valence-corrected chi connectivity index (χ0v) is 18.3. The molecule has 0 aromatic heterocycles. The van der Waals surface area contributed by atoms with Crippen molar-refractivity contribution in [2.75, 3.05) is 25.1 Å². The molecule has 0 fully saturated rings. The van der Waals surface area contributed by atoms with Crippen molar-refractivity contribution in [2.45, 2.75) is 20.8 Å². The number of anilines is 1. The zero-order valence-electron chi connectivity index (χ0n) is 17.5. The summed E-state index contributed by atoms with van der Waals surface area (Å²) in [6.45, 7) is 5.60. The second-order valence-corrected chi connectivity index (χ2v) is 6.76. The number of carbonyl (C=O) groups is 2. The van der Waals surface area contributed by atoms with Gasteiger partial charge in [0.2, 0.25) is 0 Å². The molecule has 0 spiro atoms. The lowest BCUT2D eigenvalue weighted by atomic mass is 10.1. The van der Waals surface area contributed by atoms with Crippen molar-refractivity contribution >= 4 is 35.2 Å². The summed E-state index contributed by atoms with van der Waals surface area (Å²) in [5, 5.41) is 12.3. The van der Waals surface area contributed by atoms with Crippen molar-refractivity contribution in [1.29, 1.82) is 5.26 Å². The van der Waals surface area contributed by atoms with Gasteiger partial charge >= 0.3 is 5.97 Å². The molecule has 0 radical (unpaired) electrons. The van der Waals surface area contributed by atoms with Crippen LogP contribution in [-0.4, -0.2) is 31.7 Å². The van der Waals surface area contributed by atoms with Crippen LogP contribution in [0.3, 0.4) is 0 Å². The fourth-order valence-electron chi connectivity index (χ4n) is 2.64. The fraction of sp³-hybridized carbons (Fsp3) is 0.261. The van der Waals surface area contributed by atoms with Gasteiger partial charge in [-0.15, -0.1) is 0 Å². The van der Waals surface area contributed by atoms with Crippen LogP contribution in [0.15, 0.2) is 42.0 Å². The standard InChI is InChI=1S/C23H23ClN2O5/c1-4-29-20-12-16(11-19(24)22(20)31-14-21(27)30-5-2)10-17(13-25)23(28)26-18-8-6-7-15(3)9-18/h6-12H,4-5,14H2,1-3H3,(H,26,28)/b17-10+. The molecule has 0 atom stereocenters. The molecule has 0 bridgehead atoms. The molecule has 0 unspecified atom stereocenters. The predicted octanol–water partition coefficient (Wildman–Crippen LogP) is 4.53. The summed E-state index contributed by atoms with van der Waals surface area (Å²) in [4.78, 5) is 24.1. The number of nitriles is 1. The van der Waals surface area contributed by atoms with Gasteiger partial charge in [0, 0.05) is 5.69 Å². The number of benzene rings is 2. The minimum Gasteiger partial charge on any atom is -0.490 e. The lowest BCUT2D eigenvalue weighted by molar-refractivity contribution is -0.145. The number of nitrogens with one attached hydrogen (secondary N) is 1. The van der Waals surface area contributed by atoms with E-state index in [1.807, 2.05) is 25.1 Å². The van der Waals surface area contributed by atoms with Gasteiger partial charge in [0.1, 0.15) is 11.6 Å². The average Bonchev–Trinajstić information content (AvgIpc) is 2.71. The van der Waals surface area contributed by atoms with Crippen molar-refractivity contribution in [1.82, 2.24) is 0 Å². The molecule has 2 rings (SSSR count). The molecular weight excluding hydrogens is 420 g/mol. The molecule has 0 aliphatic rings. The van der Waals surface area contributed by atoms with E-state index in [9.17, 15) is 14.9 Å². The first-order valence-corrected chi connectivity index (χ1v) is 10.00. The van der Waals surface area contributed by atoms with E-state index in [-0.39, 0.29) is 35.3 Å². The minimum atomic E-state index is -0.551. The third-order valence-electron chi connectivity index (χ3n) is 3.92. The van der Waals surface area contributed by atoms with Gasteiger partial charge in [-0.2, -0.15) is 5.26 Å². The smallest absolute Gasteiger partial charge is 0.344 e. The SMILES string of the molecule is CCOC(=O)COc1c(Cl)cc(/C=C(\C#N)C(=O)Nc2cccc(C)c2)cc1OCC. The molecule has 2 aromatic carbocycles. The van der Waals surface area contributed by atoms with E-state index in [0.717, 1.165) is 5.56 Å². The van der Waals surface area contributed by atoms with Crippen LogP contribution in [0.5, 0.6) is 11.5 Å². The number of esters is 1. The Morgan fingerprint density at radius 2 is 1.94 bits per heavy atom. The number of nitrogens with zero attached hydrogens (tertiary/aromatic N) is 1. The van der Waals surface area contributed by atoms with E-state index in [1.54, 1.807) is 32.0 Å². The van der Waals surface area contributed by atoms with Crippen molar-refractivity contribution in [3.8, 4) is 17.6 Å². The molecular formula is C23H23ClN2O5. The molecule has 0 saturated heterocycles. The number of aryl methyl sites for hydroxylation is 1. The summed E-state index contributed by atoms with van der Waals surface area (Å²) in [6, 6.07) is 12.2. The summed E-state index contributed by atoms with van der Waals surface area (Å²) >= 11 is 6.31. The van der Waals surface area contributed by atoms with Gasteiger partial charge in [-0.05, 0) is 62.2 Å². The molecule has 0 saturated carbocycles. The molecule has 1 amide bonds. The van der Waals surface area contributed by atoms with E-state index >= 15 is 0 Å². The Bertz CT molecular complexity index is 1030. The number of hydrogen-bond acceptors (Lipinski definition) is 6. The van der Waals surface area contributed by atoms with Gasteiger partial charge in [0.25, 0.3) is 5.91 Å². The van der Waals surface area contributed by atoms with Crippen molar-refractivity contribution < 1.29 is 23.8 Å². The van der Waals surface area contributed by atoms with Crippen molar-refractivity contribution in [2.24, 2.45) is 0 Å². The van der Waals surface area contributed by atoms with E-state index in [1.165, 1.54) is 12.1 Å². The number of hydrogen-bond donors (Lipinski definition) is 1. The quantitative estimate of drug-likeness (QED) is 0.348. The Hall–Kier alpha value is -3.50. The van der Waals surface area contributed by atoms with Crippen molar-refractivity contribution in [3.63, 3.8) is 0 Å². The highest BCUT2D eigenvalue weighted by molar-refractivity contribution is 6.32. The van der Waals surface area contributed by atoms with E-state index in [2.05, 4.69) is 5.32 Å². The number of halogens is 1. The highest BCUT2D eigenvalue weighted by Gasteiger charge is 2.16. The molecule has 0 heterocycles. The monoisotopic (exact) mass is 442 g/mol. The third kappa shape index (κ3) is 7.05. The average molecular weight is 443 g/mol. The largest absolute Gasteiger partial charge is 0.490 e. The van der Waals surface area contributed by atoms with Crippen LogP contribution in [0.1, 0.15) is 25.0 Å². The van der Waals surface area contributed by atoms with Gasteiger partial charge in [0.05, 0.1) is 18.2 Å². The molecule has 31 heavy (non-hydrogen) atoms. The number of carbonyl (C=O) groups excluding carboxylic acids is 2. The molecule has 2 aromatic rings. The second kappa shape index (κ2) is 11.6. The highest BCUT2D eigenvalue weighted by Crippen LogP contribution is 2.37. The molecule has 1 N–H and O–H groups in total. The minimum absolute atomic E-state index is 0.111. The van der Waals surface area contributed by atoms with E-state index < -0.39 is 11.9 Å². The van der Waals surface area contributed by atoms with Gasteiger partial charge in [0.15, 0.2) is 18.1 Å². The summed E-state index contributed by atoms with van der Waals surface area (Å²) < 4.78 is 15.9. The summed E-state index contributed by atoms with van der Waals surface area (Å²) in [6.07, 6.45) is 1.40. The van der Waals surface area contributed by atoms with E-state index in [4.69, 9.17) is 25.8 Å². The van der Waals surface area contributed by atoms with Crippen LogP contribution in [0.25, 0.3) is 6.08 Å². The maximum absolute atomic E-state index is 12.5. The van der Waals surface area contributed by atoms with Crippen molar-refractivity contribution in [3.05, 3.63) is 58.1 Å². The predicted molar refractivity (Wildman–Crippen MR) is 118 cm³/mol. The molecule has 7 nitrogen and oxygen atoms in total. The van der Waals surface area contributed by atoms with Crippen LogP contribution < -0.4 is 14.8 Å². The van der Waals surface area contributed by atoms with Gasteiger partial charge in [-0.1, -0.05) is 23.7 Å². The molecule has 8 heteroatoms. The Labute approximate surface area is 186 Å². The van der Waals surface area contributed by atoms with E-state index in [0.29, 0.717) is 17.9 Å². The zero-order chi connectivity index (χ0) is 22.8. The Balaban J connectivity index is 2.28. The molecule has 162 valence electrons. The summed E-state index contributed by atoms with van der Waals surface area (Å²) in [5.41, 5.74) is 1.92. The Kier molecular flexibility index (Phi) is 8.92. The lowest BCUT2D eigenvalue weighted by Gasteiger charge is -2.14. The maximum Gasteiger partial charge on any atom is 0.344 e. The second-order valence-electron chi connectivity index (χ2n) is 6.35. The first-order valence-electron chi connectivity index (χ1n) is 9.62. The first-order chi connectivity index (χ1) is 14.9.